The molecule has 0 aromatic heterocycles. The first kappa shape index (κ1) is 12.3. The monoisotopic (exact) mass is 224 g/mol. The average Bonchev–Trinajstić information content (AvgIpc) is 2.66. The molecule has 1 aliphatic rings. The zero-order valence-corrected chi connectivity index (χ0v) is 8.74. The molecule has 0 bridgehead atoms. The topological polar surface area (TPSA) is 41.1 Å². The van der Waals surface area contributed by atoms with Crippen LogP contribution < -0.4 is 10.6 Å². The van der Waals surface area contributed by atoms with Crippen LogP contribution in [0.1, 0.15) is 20.3 Å². The summed E-state index contributed by atoms with van der Waals surface area (Å²) in [4.78, 5) is 11.0. The standard InChI is InChI=1S/C9H15F3N2O/c1-8(2)3-6(8)13-4-7(15)14-5-9(10,11)12/h6,13H,3-5H2,1-2H3,(H,14,15). The molecule has 1 saturated carbocycles. The van der Waals surface area contributed by atoms with E-state index in [4.69, 9.17) is 0 Å². The SMILES string of the molecule is CC1(C)CC1NCC(=O)NCC(F)(F)F. The van der Waals surface area contributed by atoms with Crippen LogP contribution in [0.5, 0.6) is 0 Å². The largest absolute Gasteiger partial charge is 0.405 e. The number of carbonyl (C=O) groups is 1. The van der Waals surface area contributed by atoms with Crippen LogP contribution in [0.4, 0.5) is 13.2 Å². The van der Waals surface area contributed by atoms with Crippen LogP contribution in [0.15, 0.2) is 0 Å². The number of carbonyl (C=O) groups excluding carboxylic acids is 1. The number of alkyl halides is 3. The third-order valence-electron chi connectivity index (χ3n) is 2.51. The summed E-state index contributed by atoms with van der Waals surface area (Å²) in [6.07, 6.45) is -3.38. The second-order valence-electron chi connectivity index (χ2n) is 4.52. The highest BCUT2D eigenvalue weighted by atomic mass is 19.4. The Balaban J connectivity index is 2.10. The van der Waals surface area contributed by atoms with Gasteiger partial charge in [-0.1, -0.05) is 13.8 Å². The Morgan fingerprint density at radius 3 is 2.40 bits per heavy atom. The van der Waals surface area contributed by atoms with Gasteiger partial charge < -0.3 is 10.6 Å². The van der Waals surface area contributed by atoms with Gasteiger partial charge in [-0.15, -0.1) is 0 Å². The fourth-order valence-corrected chi connectivity index (χ4v) is 1.29. The molecule has 1 aliphatic carbocycles. The third-order valence-corrected chi connectivity index (χ3v) is 2.51. The van der Waals surface area contributed by atoms with Crippen molar-refractivity contribution in [2.24, 2.45) is 5.41 Å². The Morgan fingerprint density at radius 2 is 2.00 bits per heavy atom. The maximum atomic E-state index is 11.7. The number of nitrogens with one attached hydrogen (secondary N) is 2. The van der Waals surface area contributed by atoms with Crippen LogP contribution in [-0.2, 0) is 4.79 Å². The van der Waals surface area contributed by atoms with Crippen molar-refractivity contribution in [1.82, 2.24) is 10.6 Å². The van der Waals surface area contributed by atoms with Gasteiger partial charge in [-0.25, -0.2) is 0 Å². The molecule has 0 saturated heterocycles. The van der Waals surface area contributed by atoms with Crippen LogP contribution >= 0.6 is 0 Å². The molecule has 2 N–H and O–H groups in total. The molecular weight excluding hydrogens is 209 g/mol. The van der Waals surface area contributed by atoms with E-state index < -0.39 is 18.6 Å². The van der Waals surface area contributed by atoms with E-state index in [1.165, 1.54) is 0 Å². The average molecular weight is 224 g/mol. The van der Waals surface area contributed by atoms with E-state index in [2.05, 4.69) is 5.32 Å². The molecule has 15 heavy (non-hydrogen) atoms. The van der Waals surface area contributed by atoms with E-state index in [0.717, 1.165) is 6.42 Å². The lowest BCUT2D eigenvalue weighted by Gasteiger charge is -2.09. The molecular formula is C9H15F3N2O. The van der Waals surface area contributed by atoms with E-state index in [0.29, 0.717) is 0 Å². The van der Waals surface area contributed by atoms with Gasteiger partial charge >= 0.3 is 6.18 Å². The van der Waals surface area contributed by atoms with Crippen molar-refractivity contribution < 1.29 is 18.0 Å². The quantitative estimate of drug-likeness (QED) is 0.749. The summed E-state index contributed by atoms with van der Waals surface area (Å²) in [5.74, 6) is -0.616. The van der Waals surface area contributed by atoms with Crippen LogP contribution in [0, 0.1) is 5.41 Å². The summed E-state index contributed by atoms with van der Waals surface area (Å²) in [7, 11) is 0. The van der Waals surface area contributed by atoms with Crippen LogP contribution in [-0.4, -0.2) is 31.2 Å². The van der Waals surface area contributed by atoms with Crippen molar-refractivity contribution in [3.8, 4) is 0 Å². The summed E-state index contributed by atoms with van der Waals surface area (Å²) < 4.78 is 35.1. The molecule has 0 heterocycles. The normalized spacial score (nSPS) is 23.7. The van der Waals surface area contributed by atoms with Crippen LogP contribution in [0.25, 0.3) is 0 Å². The van der Waals surface area contributed by atoms with Crippen LogP contribution in [0.3, 0.4) is 0 Å². The lowest BCUT2D eigenvalue weighted by atomic mass is 10.2. The van der Waals surface area contributed by atoms with Gasteiger partial charge in [0.2, 0.25) is 5.91 Å². The molecule has 0 aromatic carbocycles. The molecule has 0 radical (unpaired) electrons. The molecule has 88 valence electrons. The fraction of sp³-hybridized carbons (Fsp3) is 0.889. The van der Waals surface area contributed by atoms with Gasteiger partial charge in [0, 0.05) is 6.04 Å². The maximum absolute atomic E-state index is 11.7. The van der Waals surface area contributed by atoms with E-state index >= 15 is 0 Å². The fourth-order valence-electron chi connectivity index (χ4n) is 1.29. The molecule has 0 aromatic rings. The van der Waals surface area contributed by atoms with Gasteiger partial charge in [0.05, 0.1) is 6.54 Å². The summed E-state index contributed by atoms with van der Waals surface area (Å²) in [6, 6.07) is 0.245. The van der Waals surface area contributed by atoms with E-state index in [-0.39, 0.29) is 18.0 Å². The Hall–Kier alpha value is -0.780. The first-order valence-corrected chi connectivity index (χ1v) is 4.77. The number of hydrogen-bond donors (Lipinski definition) is 2. The maximum Gasteiger partial charge on any atom is 0.405 e. The Labute approximate surface area is 86.4 Å². The summed E-state index contributed by atoms with van der Waals surface area (Å²) in [6.45, 7) is 2.77. The predicted molar refractivity (Wildman–Crippen MR) is 49.3 cm³/mol. The summed E-state index contributed by atoms with van der Waals surface area (Å²) >= 11 is 0. The summed E-state index contributed by atoms with van der Waals surface area (Å²) in [5, 5.41) is 4.71. The van der Waals surface area contributed by atoms with Crippen molar-refractivity contribution in [3.63, 3.8) is 0 Å². The zero-order valence-electron chi connectivity index (χ0n) is 8.74. The van der Waals surface area contributed by atoms with Gasteiger partial charge in [0.25, 0.3) is 0 Å². The minimum atomic E-state index is -4.34. The first-order chi connectivity index (χ1) is 6.71. The molecule has 0 aliphatic heterocycles. The van der Waals surface area contributed by atoms with Crippen molar-refractivity contribution in [2.45, 2.75) is 32.5 Å². The zero-order chi connectivity index (χ0) is 11.7. The lowest BCUT2D eigenvalue weighted by molar-refractivity contribution is -0.137. The highest BCUT2D eigenvalue weighted by Crippen LogP contribution is 2.44. The minimum Gasteiger partial charge on any atom is -0.346 e. The minimum absolute atomic E-state index is 0.0514. The van der Waals surface area contributed by atoms with Crippen molar-refractivity contribution >= 4 is 5.91 Å². The summed E-state index contributed by atoms with van der Waals surface area (Å²) in [5.41, 5.74) is 0.171. The Bertz CT molecular complexity index is 250. The molecule has 1 rings (SSSR count). The first-order valence-electron chi connectivity index (χ1n) is 4.77. The van der Waals surface area contributed by atoms with E-state index in [1.807, 2.05) is 13.8 Å². The molecule has 6 heteroatoms. The predicted octanol–water partition coefficient (Wildman–Crippen LogP) is 1.05. The number of hydrogen-bond acceptors (Lipinski definition) is 2. The van der Waals surface area contributed by atoms with Crippen LogP contribution in [0.2, 0.25) is 0 Å². The number of amides is 1. The number of halogens is 3. The van der Waals surface area contributed by atoms with E-state index in [9.17, 15) is 18.0 Å². The van der Waals surface area contributed by atoms with Crippen molar-refractivity contribution in [3.05, 3.63) is 0 Å². The lowest BCUT2D eigenvalue weighted by Crippen LogP contribution is -2.40. The molecule has 1 unspecified atom stereocenters. The molecule has 3 nitrogen and oxygen atoms in total. The van der Waals surface area contributed by atoms with Crippen molar-refractivity contribution in [1.29, 1.82) is 0 Å². The van der Waals surface area contributed by atoms with Gasteiger partial charge in [0.1, 0.15) is 6.54 Å². The highest BCUT2D eigenvalue weighted by molar-refractivity contribution is 5.78. The Kier molecular flexibility index (Phi) is 3.28. The second-order valence-corrected chi connectivity index (χ2v) is 4.52. The molecule has 0 spiro atoms. The third kappa shape index (κ3) is 4.51. The van der Waals surface area contributed by atoms with Gasteiger partial charge in [-0.05, 0) is 11.8 Å². The number of rotatable bonds is 4. The van der Waals surface area contributed by atoms with Gasteiger partial charge in [-0.2, -0.15) is 13.2 Å². The Morgan fingerprint density at radius 1 is 1.47 bits per heavy atom. The highest BCUT2D eigenvalue weighted by Gasteiger charge is 2.45. The molecule has 1 atom stereocenters. The smallest absolute Gasteiger partial charge is 0.346 e. The van der Waals surface area contributed by atoms with Crippen molar-refractivity contribution in [2.75, 3.05) is 13.1 Å². The molecule has 1 amide bonds. The van der Waals surface area contributed by atoms with E-state index in [1.54, 1.807) is 5.32 Å². The van der Waals surface area contributed by atoms with Gasteiger partial charge in [0.15, 0.2) is 0 Å². The van der Waals surface area contributed by atoms with Gasteiger partial charge in [-0.3, -0.25) is 4.79 Å². The molecule has 1 fully saturated rings. The second kappa shape index (κ2) is 4.00.